The molecule has 0 radical (unpaired) electrons. The lowest BCUT2D eigenvalue weighted by Gasteiger charge is -2.28. The Morgan fingerprint density at radius 3 is 2.93 bits per heavy atom. The van der Waals surface area contributed by atoms with Crippen LogP contribution in [0.5, 0.6) is 5.75 Å². The topological polar surface area (TPSA) is 93.1 Å². The maximum atomic E-state index is 12.1. The lowest BCUT2D eigenvalue weighted by molar-refractivity contribution is -0.152. The molecule has 1 aliphatic heterocycles. The molecule has 2 N–H and O–H groups in total. The summed E-state index contributed by atoms with van der Waals surface area (Å²) in [4.78, 5) is 22.6. The Balaban J connectivity index is 1.50. The Morgan fingerprint density at radius 2 is 2.10 bits per heavy atom. The average molecular weight is 398 g/mol. The number of unbranched alkanes of at least 4 members (excludes halogenated alkanes) is 1. The summed E-state index contributed by atoms with van der Waals surface area (Å²) in [7, 11) is 0. The molecule has 4 atom stereocenters. The van der Waals surface area contributed by atoms with Crippen molar-refractivity contribution in [3.8, 4) is 5.75 Å². The molecule has 0 unspecified atom stereocenters. The van der Waals surface area contributed by atoms with Gasteiger partial charge in [-0.3, -0.25) is 9.59 Å². The fraction of sp³-hybridized carbons (Fsp3) is 0.391. The minimum absolute atomic E-state index is 0.0587. The molecule has 0 bridgehead atoms. The van der Waals surface area contributed by atoms with Gasteiger partial charge < -0.3 is 19.7 Å². The molecule has 6 nitrogen and oxygen atoms in total. The zero-order chi connectivity index (χ0) is 20.6. The molecule has 6 heteroatoms. The zero-order valence-corrected chi connectivity index (χ0v) is 16.1. The maximum Gasteiger partial charge on any atom is 0.303 e. The van der Waals surface area contributed by atoms with E-state index in [1.165, 1.54) is 0 Å². The minimum Gasteiger partial charge on any atom is -0.481 e. The van der Waals surface area contributed by atoms with Gasteiger partial charge in [0.2, 0.25) is 6.29 Å². The number of aliphatic carboxylic acids is 1. The molecule has 29 heavy (non-hydrogen) atoms. The lowest BCUT2D eigenvalue weighted by Crippen LogP contribution is -2.36. The molecule has 1 aromatic rings. The number of para-hydroxylation sites is 1. The van der Waals surface area contributed by atoms with Crippen LogP contribution in [0.2, 0.25) is 0 Å². The van der Waals surface area contributed by atoms with Crippen molar-refractivity contribution < 1.29 is 29.3 Å². The molecule has 1 heterocycles. The van der Waals surface area contributed by atoms with Crippen molar-refractivity contribution in [1.29, 1.82) is 0 Å². The average Bonchev–Trinajstić information content (AvgIpc) is 3.07. The molecule has 0 spiro atoms. The van der Waals surface area contributed by atoms with Gasteiger partial charge in [0.15, 0.2) is 5.78 Å². The highest BCUT2D eigenvalue weighted by atomic mass is 16.7. The maximum absolute atomic E-state index is 12.1. The van der Waals surface area contributed by atoms with Crippen LogP contribution >= 0.6 is 0 Å². The molecule has 0 aromatic heterocycles. The molecular formula is C23H26O6. The van der Waals surface area contributed by atoms with Crippen molar-refractivity contribution >= 4 is 11.8 Å². The van der Waals surface area contributed by atoms with Crippen LogP contribution in [0.15, 0.2) is 60.7 Å². The quantitative estimate of drug-likeness (QED) is 0.489. The van der Waals surface area contributed by atoms with Gasteiger partial charge in [-0.25, -0.2) is 0 Å². The van der Waals surface area contributed by atoms with Crippen LogP contribution in [0.25, 0.3) is 0 Å². The van der Waals surface area contributed by atoms with Crippen LogP contribution in [-0.2, 0) is 20.9 Å². The van der Waals surface area contributed by atoms with Crippen LogP contribution in [0.4, 0.5) is 0 Å². The third-order valence-corrected chi connectivity index (χ3v) is 5.06. The van der Waals surface area contributed by atoms with E-state index in [-0.39, 0.29) is 24.0 Å². The van der Waals surface area contributed by atoms with E-state index in [0.29, 0.717) is 31.6 Å². The lowest BCUT2D eigenvalue weighted by atomic mass is 9.90. The molecule has 0 saturated carbocycles. The third-order valence-electron chi connectivity index (χ3n) is 5.06. The van der Waals surface area contributed by atoms with E-state index >= 15 is 0 Å². The fourth-order valence-corrected chi connectivity index (χ4v) is 3.43. The first-order valence-electron chi connectivity index (χ1n) is 9.86. The first-order chi connectivity index (χ1) is 14.0. The van der Waals surface area contributed by atoms with Crippen molar-refractivity contribution in [2.24, 2.45) is 11.8 Å². The summed E-state index contributed by atoms with van der Waals surface area (Å²) in [5, 5.41) is 19.1. The number of rotatable bonds is 9. The highest BCUT2D eigenvalue weighted by Crippen LogP contribution is 2.29. The number of fused-ring (bicyclic) bond motifs is 1. The summed E-state index contributed by atoms with van der Waals surface area (Å²) in [5.41, 5.74) is 0.944. The molecule has 1 aliphatic carbocycles. The summed E-state index contributed by atoms with van der Waals surface area (Å²) >= 11 is 0. The van der Waals surface area contributed by atoms with Gasteiger partial charge in [0.25, 0.3) is 0 Å². The third kappa shape index (κ3) is 5.89. The Bertz CT molecular complexity index is 809. The number of carbonyl (C=O) groups is 2. The Labute approximate surface area is 170 Å². The van der Waals surface area contributed by atoms with E-state index in [4.69, 9.17) is 14.6 Å². The van der Waals surface area contributed by atoms with Crippen molar-refractivity contribution in [3.63, 3.8) is 0 Å². The largest absolute Gasteiger partial charge is 0.481 e. The van der Waals surface area contributed by atoms with E-state index in [1.807, 2.05) is 48.6 Å². The standard InChI is InChI=1S/C23H26O6/c24-19-13-11-16(18(19)8-3-1-2-4-10-22(26)27)12-14-20(25)23-28-15-17-7-5-6-9-21(17)29-23/h1,3,5-7,9,11-14,16,18,20,23,25H,2,4,8,10,15H2,(H,26,27)/b3-1-,14-12+/t16-,18-,20-,23+/m1/s1. The molecule has 2 aliphatic rings. The van der Waals surface area contributed by atoms with Crippen LogP contribution < -0.4 is 4.74 Å². The molecule has 0 fully saturated rings. The van der Waals surface area contributed by atoms with E-state index < -0.39 is 18.4 Å². The van der Waals surface area contributed by atoms with Crippen molar-refractivity contribution in [2.75, 3.05) is 0 Å². The van der Waals surface area contributed by atoms with Gasteiger partial charge in [0.1, 0.15) is 11.9 Å². The minimum atomic E-state index is -0.945. The second kappa shape index (κ2) is 10.2. The number of ether oxygens (including phenoxy) is 2. The Kier molecular flexibility index (Phi) is 7.38. The second-order valence-electron chi connectivity index (χ2n) is 7.22. The van der Waals surface area contributed by atoms with Gasteiger partial charge >= 0.3 is 5.97 Å². The number of carboxylic acid groups (broad SMARTS) is 1. The Hall–Kier alpha value is -2.70. The highest BCUT2D eigenvalue weighted by molar-refractivity contribution is 5.95. The zero-order valence-electron chi connectivity index (χ0n) is 16.1. The number of ketones is 1. The van der Waals surface area contributed by atoms with E-state index in [0.717, 1.165) is 5.56 Å². The fourth-order valence-electron chi connectivity index (χ4n) is 3.43. The monoisotopic (exact) mass is 398 g/mol. The van der Waals surface area contributed by atoms with Crippen molar-refractivity contribution in [3.05, 3.63) is 66.3 Å². The number of hydrogen-bond acceptors (Lipinski definition) is 5. The van der Waals surface area contributed by atoms with E-state index in [9.17, 15) is 14.7 Å². The van der Waals surface area contributed by atoms with Gasteiger partial charge in [-0.1, -0.05) is 48.6 Å². The summed E-state index contributed by atoms with van der Waals surface area (Å²) in [6, 6.07) is 7.55. The van der Waals surface area contributed by atoms with Gasteiger partial charge in [-0.05, 0) is 31.4 Å². The smallest absolute Gasteiger partial charge is 0.303 e. The predicted molar refractivity (Wildman–Crippen MR) is 107 cm³/mol. The first kappa shape index (κ1) is 21.0. The molecular weight excluding hydrogens is 372 g/mol. The van der Waals surface area contributed by atoms with Crippen molar-refractivity contribution in [2.45, 2.75) is 44.7 Å². The van der Waals surface area contributed by atoms with Crippen LogP contribution in [0.3, 0.4) is 0 Å². The number of benzene rings is 1. The number of carboxylic acids is 1. The van der Waals surface area contributed by atoms with Gasteiger partial charge in [0, 0.05) is 23.8 Å². The van der Waals surface area contributed by atoms with Crippen molar-refractivity contribution in [1.82, 2.24) is 0 Å². The van der Waals surface area contributed by atoms with Gasteiger partial charge in [-0.2, -0.15) is 0 Å². The number of aliphatic hydroxyl groups is 1. The first-order valence-corrected chi connectivity index (χ1v) is 9.86. The molecule has 1 aromatic carbocycles. The number of allylic oxidation sites excluding steroid dienone is 5. The summed E-state index contributed by atoms with van der Waals surface area (Å²) < 4.78 is 11.3. The predicted octanol–water partition coefficient (Wildman–Crippen LogP) is 3.41. The molecule has 0 amide bonds. The van der Waals surface area contributed by atoms with E-state index in [2.05, 4.69) is 0 Å². The van der Waals surface area contributed by atoms with E-state index in [1.54, 1.807) is 12.2 Å². The summed E-state index contributed by atoms with van der Waals surface area (Å²) in [6.45, 7) is 0.378. The number of hydrogen-bond donors (Lipinski definition) is 2. The van der Waals surface area contributed by atoms with Gasteiger partial charge in [0.05, 0.1) is 6.61 Å². The van der Waals surface area contributed by atoms with Crippen LogP contribution in [0.1, 0.15) is 31.2 Å². The molecule has 154 valence electrons. The normalized spacial score (nSPS) is 24.7. The Morgan fingerprint density at radius 1 is 1.28 bits per heavy atom. The molecule has 0 saturated heterocycles. The summed E-state index contributed by atoms with van der Waals surface area (Å²) in [5.74, 6) is -0.340. The van der Waals surface area contributed by atoms with Crippen LogP contribution in [-0.4, -0.2) is 34.4 Å². The highest BCUT2D eigenvalue weighted by Gasteiger charge is 2.29. The summed E-state index contributed by atoms with van der Waals surface area (Å²) in [6.07, 6.45) is 11.0. The molecule has 3 rings (SSSR count). The SMILES string of the molecule is O=C(O)CCC/C=C\C[C@H]1C(=O)C=C[C@@H]1/C=C/[C@@H](O)[C@H]1OCc2ccccc2O1. The van der Waals surface area contributed by atoms with Crippen LogP contribution in [0, 0.1) is 11.8 Å². The second-order valence-corrected chi connectivity index (χ2v) is 7.22. The van der Waals surface area contributed by atoms with Gasteiger partial charge in [-0.15, -0.1) is 0 Å². The number of aliphatic hydroxyl groups excluding tert-OH is 1. The number of carbonyl (C=O) groups excluding carboxylic acids is 1.